The SMILES string of the molecule is CC(C)CCN1CCC2(CC1)Cn1c(nn(CC3CC3)c(=O)c1=O)N2C. The highest BCUT2D eigenvalue weighted by Gasteiger charge is 2.46. The Morgan fingerprint density at radius 1 is 1.15 bits per heavy atom. The molecule has 0 atom stereocenters. The molecular formula is C19H31N5O2. The molecule has 2 fully saturated rings. The summed E-state index contributed by atoms with van der Waals surface area (Å²) in [7, 11) is 2.04. The molecule has 4 rings (SSSR count). The quantitative estimate of drug-likeness (QED) is 0.736. The molecule has 0 bridgehead atoms. The zero-order valence-corrected chi connectivity index (χ0v) is 16.3. The maximum Gasteiger partial charge on any atom is 0.332 e. The van der Waals surface area contributed by atoms with Gasteiger partial charge in [-0.25, -0.2) is 4.68 Å². The van der Waals surface area contributed by atoms with E-state index in [0.717, 1.165) is 51.2 Å². The van der Waals surface area contributed by atoms with Crippen molar-refractivity contribution in [1.82, 2.24) is 19.2 Å². The first-order valence-electron chi connectivity index (χ1n) is 10.1. The van der Waals surface area contributed by atoms with Crippen molar-refractivity contribution in [3.05, 3.63) is 20.7 Å². The van der Waals surface area contributed by atoms with Crippen LogP contribution in [0.5, 0.6) is 0 Å². The van der Waals surface area contributed by atoms with Crippen LogP contribution in [0.2, 0.25) is 0 Å². The standard InChI is InChI=1S/C19H31N5O2/c1-14(2)6-9-22-10-7-19(8-11-22)13-23-16(25)17(26)24(12-15-4-5-15)20-18(23)21(19)3/h14-15H,4-13H2,1-3H3. The van der Waals surface area contributed by atoms with Gasteiger partial charge in [-0.15, -0.1) is 5.10 Å². The van der Waals surface area contributed by atoms with E-state index in [0.29, 0.717) is 25.0 Å². The average molecular weight is 361 g/mol. The number of aromatic nitrogens is 3. The van der Waals surface area contributed by atoms with Crippen LogP contribution in [0.1, 0.15) is 46.0 Å². The van der Waals surface area contributed by atoms with Crippen LogP contribution < -0.4 is 16.0 Å². The lowest BCUT2D eigenvalue weighted by Gasteiger charge is -2.43. The van der Waals surface area contributed by atoms with Crippen LogP contribution in [0.15, 0.2) is 9.59 Å². The molecule has 1 aliphatic carbocycles. The van der Waals surface area contributed by atoms with Gasteiger partial charge in [0.25, 0.3) is 0 Å². The summed E-state index contributed by atoms with van der Waals surface area (Å²) < 4.78 is 3.04. The van der Waals surface area contributed by atoms with Crippen molar-refractivity contribution < 1.29 is 0 Å². The minimum Gasteiger partial charge on any atom is -0.336 e. The number of hydrogen-bond donors (Lipinski definition) is 0. The molecule has 0 radical (unpaired) electrons. The van der Waals surface area contributed by atoms with Crippen LogP contribution in [-0.4, -0.2) is 51.5 Å². The molecule has 7 nitrogen and oxygen atoms in total. The molecular weight excluding hydrogens is 330 g/mol. The van der Waals surface area contributed by atoms with Gasteiger partial charge < -0.3 is 9.80 Å². The van der Waals surface area contributed by atoms with Gasteiger partial charge in [0.05, 0.1) is 12.1 Å². The van der Waals surface area contributed by atoms with Crippen molar-refractivity contribution in [1.29, 1.82) is 0 Å². The second-order valence-electron chi connectivity index (χ2n) is 8.93. The van der Waals surface area contributed by atoms with Crippen molar-refractivity contribution in [2.75, 3.05) is 31.6 Å². The molecule has 1 saturated heterocycles. The lowest BCUT2D eigenvalue weighted by molar-refractivity contribution is 0.150. The van der Waals surface area contributed by atoms with Crippen LogP contribution in [0, 0.1) is 11.8 Å². The third-order valence-corrected chi connectivity index (χ3v) is 6.52. The van der Waals surface area contributed by atoms with Crippen molar-refractivity contribution in [2.45, 2.75) is 64.6 Å². The van der Waals surface area contributed by atoms with Crippen LogP contribution in [-0.2, 0) is 13.1 Å². The number of fused-ring (bicyclic) bond motifs is 1. The zero-order chi connectivity index (χ0) is 18.5. The Morgan fingerprint density at radius 3 is 2.46 bits per heavy atom. The highest BCUT2D eigenvalue weighted by atomic mass is 16.2. The zero-order valence-electron chi connectivity index (χ0n) is 16.3. The average Bonchev–Trinajstić information content (AvgIpc) is 3.39. The highest BCUT2D eigenvalue weighted by Crippen LogP contribution is 2.37. The molecule has 1 spiro atoms. The Morgan fingerprint density at radius 2 is 1.85 bits per heavy atom. The lowest BCUT2D eigenvalue weighted by atomic mass is 9.87. The van der Waals surface area contributed by atoms with E-state index in [4.69, 9.17) is 0 Å². The van der Waals surface area contributed by atoms with Crippen LogP contribution in [0.25, 0.3) is 0 Å². The second kappa shape index (κ2) is 6.51. The molecule has 3 heterocycles. The molecule has 26 heavy (non-hydrogen) atoms. The molecule has 1 saturated carbocycles. The largest absolute Gasteiger partial charge is 0.336 e. The predicted octanol–water partition coefficient (Wildman–Crippen LogP) is 1.15. The lowest BCUT2D eigenvalue weighted by Crippen LogP contribution is -2.53. The Hall–Kier alpha value is -1.63. The van der Waals surface area contributed by atoms with Crippen LogP contribution in [0.3, 0.4) is 0 Å². The Bertz CT molecular complexity index is 784. The summed E-state index contributed by atoms with van der Waals surface area (Å²) in [4.78, 5) is 29.8. The fourth-order valence-corrected chi connectivity index (χ4v) is 4.32. The fourth-order valence-electron chi connectivity index (χ4n) is 4.32. The molecule has 0 N–H and O–H groups in total. The normalized spacial score (nSPS) is 22.4. The first-order chi connectivity index (χ1) is 12.4. The molecule has 1 aromatic rings. The second-order valence-corrected chi connectivity index (χ2v) is 8.93. The van der Waals surface area contributed by atoms with Gasteiger partial charge in [-0.2, -0.15) is 0 Å². The van der Waals surface area contributed by atoms with Crippen LogP contribution in [0.4, 0.5) is 5.95 Å². The number of rotatable bonds is 5. The van der Waals surface area contributed by atoms with E-state index in [1.165, 1.54) is 11.1 Å². The molecule has 2 aliphatic heterocycles. The summed E-state index contributed by atoms with van der Waals surface area (Å²) in [5.41, 5.74) is -0.930. The van der Waals surface area contributed by atoms with Gasteiger partial charge in [0.2, 0.25) is 5.95 Å². The smallest absolute Gasteiger partial charge is 0.332 e. The van der Waals surface area contributed by atoms with Gasteiger partial charge >= 0.3 is 11.1 Å². The monoisotopic (exact) mass is 361 g/mol. The molecule has 0 amide bonds. The number of anilines is 1. The summed E-state index contributed by atoms with van der Waals surface area (Å²) in [5.74, 6) is 1.92. The molecule has 144 valence electrons. The third kappa shape index (κ3) is 3.10. The summed E-state index contributed by atoms with van der Waals surface area (Å²) >= 11 is 0. The number of piperidine rings is 1. The Kier molecular flexibility index (Phi) is 4.45. The summed E-state index contributed by atoms with van der Waals surface area (Å²) in [6.45, 7) is 8.96. The van der Waals surface area contributed by atoms with Gasteiger partial charge in [0.15, 0.2) is 0 Å². The van der Waals surface area contributed by atoms with Crippen molar-refractivity contribution in [2.24, 2.45) is 11.8 Å². The first-order valence-corrected chi connectivity index (χ1v) is 10.1. The van der Waals surface area contributed by atoms with E-state index in [1.807, 2.05) is 7.05 Å². The van der Waals surface area contributed by atoms with Crippen molar-refractivity contribution in [3.8, 4) is 0 Å². The highest BCUT2D eigenvalue weighted by molar-refractivity contribution is 5.39. The van der Waals surface area contributed by atoms with E-state index in [2.05, 4.69) is 28.7 Å². The maximum absolute atomic E-state index is 12.6. The van der Waals surface area contributed by atoms with E-state index in [1.54, 1.807) is 4.57 Å². The molecule has 3 aliphatic rings. The van der Waals surface area contributed by atoms with E-state index >= 15 is 0 Å². The Balaban J connectivity index is 1.53. The molecule has 0 unspecified atom stereocenters. The number of likely N-dealkylation sites (N-methyl/N-ethyl adjacent to an activating group) is 1. The molecule has 0 aromatic carbocycles. The first kappa shape index (κ1) is 17.8. The Labute approximate surface area is 154 Å². The van der Waals surface area contributed by atoms with Crippen LogP contribution >= 0.6 is 0 Å². The molecule has 7 heteroatoms. The number of likely N-dealkylation sites (tertiary alicyclic amines) is 1. The van der Waals surface area contributed by atoms with Gasteiger partial charge in [-0.3, -0.25) is 14.2 Å². The van der Waals surface area contributed by atoms with Gasteiger partial charge in [-0.1, -0.05) is 13.8 Å². The summed E-state index contributed by atoms with van der Waals surface area (Å²) in [6.07, 6.45) is 5.53. The summed E-state index contributed by atoms with van der Waals surface area (Å²) in [6, 6.07) is 0. The number of nitrogens with zero attached hydrogens (tertiary/aromatic N) is 5. The van der Waals surface area contributed by atoms with Crippen molar-refractivity contribution in [3.63, 3.8) is 0 Å². The predicted molar refractivity (Wildman–Crippen MR) is 102 cm³/mol. The third-order valence-electron chi connectivity index (χ3n) is 6.52. The van der Waals surface area contributed by atoms with Gasteiger partial charge in [0, 0.05) is 26.7 Å². The minimum atomic E-state index is -0.458. The number of hydrogen-bond acceptors (Lipinski definition) is 5. The van der Waals surface area contributed by atoms with E-state index in [-0.39, 0.29) is 5.54 Å². The summed E-state index contributed by atoms with van der Waals surface area (Å²) in [5, 5.41) is 4.58. The van der Waals surface area contributed by atoms with Crippen molar-refractivity contribution >= 4 is 5.95 Å². The van der Waals surface area contributed by atoms with E-state index < -0.39 is 11.1 Å². The maximum atomic E-state index is 12.6. The molecule has 1 aromatic heterocycles. The van der Waals surface area contributed by atoms with Gasteiger partial charge in [-0.05, 0) is 50.5 Å². The minimum absolute atomic E-state index is 0.0707. The fraction of sp³-hybridized carbons (Fsp3) is 0.842. The van der Waals surface area contributed by atoms with Gasteiger partial charge in [0.1, 0.15) is 0 Å². The topological polar surface area (TPSA) is 63.4 Å². The van der Waals surface area contributed by atoms with E-state index in [9.17, 15) is 9.59 Å².